The van der Waals surface area contributed by atoms with Gasteiger partial charge in [-0.25, -0.2) is 0 Å². The van der Waals surface area contributed by atoms with Gasteiger partial charge in [0.05, 0.1) is 5.69 Å². The Morgan fingerprint density at radius 3 is 2.80 bits per heavy atom. The molecule has 2 N–H and O–H groups in total. The van der Waals surface area contributed by atoms with E-state index in [1.165, 1.54) is 0 Å². The molecule has 0 saturated heterocycles. The summed E-state index contributed by atoms with van der Waals surface area (Å²) in [4.78, 5) is 8.19. The second-order valence-electron chi connectivity index (χ2n) is 3.22. The van der Waals surface area contributed by atoms with Crippen molar-refractivity contribution in [1.82, 2.24) is 9.97 Å². The molecular formula is C11H10ClN3. The molecule has 0 amide bonds. The number of anilines is 1. The Morgan fingerprint density at radius 2 is 2.13 bits per heavy atom. The van der Waals surface area contributed by atoms with E-state index >= 15 is 0 Å². The lowest BCUT2D eigenvalue weighted by atomic mass is 10.1. The van der Waals surface area contributed by atoms with Gasteiger partial charge >= 0.3 is 0 Å². The maximum atomic E-state index is 5.84. The molecule has 4 heteroatoms. The summed E-state index contributed by atoms with van der Waals surface area (Å²) in [6, 6.07) is 5.48. The summed E-state index contributed by atoms with van der Waals surface area (Å²) in [7, 11) is 0. The summed E-state index contributed by atoms with van der Waals surface area (Å²) >= 11 is 5.81. The Hall–Kier alpha value is -1.61. The fourth-order valence-electron chi connectivity index (χ4n) is 1.34. The van der Waals surface area contributed by atoms with Crippen molar-refractivity contribution >= 4 is 17.3 Å². The maximum absolute atomic E-state index is 5.84. The van der Waals surface area contributed by atoms with Gasteiger partial charge in [0.1, 0.15) is 0 Å². The molecule has 1 aromatic carbocycles. The van der Waals surface area contributed by atoms with Crippen LogP contribution in [-0.2, 0) is 6.42 Å². The van der Waals surface area contributed by atoms with Gasteiger partial charge in [0.25, 0.3) is 0 Å². The summed E-state index contributed by atoms with van der Waals surface area (Å²) in [5.41, 5.74) is 8.43. The molecule has 3 nitrogen and oxygen atoms in total. The molecule has 0 aliphatic carbocycles. The van der Waals surface area contributed by atoms with Gasteiger partial charge in [0, 0.05) is 35.7 Å². The van der Waals surface area contributed by atoms with Crippen molar-refractivity contribution in [2.45, 2.75) is 6.42 Å². The van der Waals surface area contributed by atoms with Gasteiger partial charge in [0.15, 0.2) is 0 Å². The highest BCUT2D eigenvalue weighted by Gasteiger charge is 2.02. The number of halogens is 1. The largest absolute Gasteiger partial charge is 0.398 e. The lowest BCUT2D eigenvalue weighted by molar-refractivity contribution is 1.03. The van der Waals surface area contributed by atoms with E-state index in [4.69, 9.17) is 17.3 Å². The van der Waals surface area contributed by atoms with Crippen LogP contribution >= 0.6 is 11.6 Å². The lowest BCUT2D eigenvalue weighted by Gasteiger charge is -2.04. The average molecular weight is 220 g/mol. The van der Waals surface area contributed by atoms with Gasteiger partial charge in [-0.05, 0) is 17.7 Å². The van der Waals surface area contributed by atoms with Gasteiger partial charge in [-0.3, -0.25) is 9.97 Å². The minimum absolute atomic E-state index is 0.649. The summed E-state index contributed by atoms with van der Waals surface area (Å²) in [5, 5.41) is 0.649. The van der Waals surface area contributed by atoms with Crippen molar-refractivity contribution in [2.24, 2.45) is 0 Å². The Labute approximate surface area is 92.9 Å². The third-order valence-electron chi connectivity index (χ3n) is 2.10. The molecule has 2 rings (SSSR count). The molecule has 76 valence electrons. The monoisotopic (exact) mass is 219 g/mol. The summed E-state index contributed by atoms with van der Waals surface area (Å²) in [6.07, 6.45) is 5.72. The van der Waals surface area contributed by atoms with Crippen LogP contribution < -0.4 is 5.73 Å². The lowest BCUT2D eigenvalue weighted by Crippen LogP contribution is -1.97. The van der Waals surface area contributed by atoms with E-state index in [2.05, 4.69) is 9.97 Å². The van der Waals surface area contributed by atoms with Crippen molar-refractivity contribution in [1.29, 1.82) is 0 Å². The van der Waals surface area contributed by atoms with Crippen LogP contribution in [0.15, 0.2) is 36.8 Å². The van der Waals surface area contributed by atoms with E-state index in [0.717, 1.165) is 11.3 Å². The van der Waals surface area contributed by atoms with Crippen molar-refractivity contribution in [2.75, 3.05) is 5.73 Å². The molecule has 0 aliphatic rings. The predicted molar refractivity (Wildman–Crippen MR) is 60.7 cm³/mol. The van der Waals surface area contributed by atoms with E-state index < -0.39 is 0 Å². The smallest absolute Gasteiger partial charge is 0.0631 e. The van der Waals surface area contributed by atoms with Crippen LogP contribution in [0.5, 0.6) is 0 Å². The highest BCUT2D eigenvalue weighted by molar-refractivity contribution is 6.30. The first kappa shape index (κ1) is 9.93. The van der Waals surface area contributed by atoms with E-state index in [0.29, 0.717) is 17.1 Å². The van der Waals surface area contributed by atoms with Crippen LogP contribution in [0.1, 0.15) is 11.3 Å². The van der Waals surface area contributed by atoms with Crippen molar-refractivity contribution in [3.63, 3.8) is 0 Å². The first-order valence-corrected chi connectivity index (χ1v) is 4.92. The van der Waals surface area contributed by atoms with Crippen LogP contribution in [0.4, 0.5) is 5.69 Å². The molecule has 0 spiro atoms. The molecule has 0 aliphatic heterocycles. The molecule has 0 radical (unpaired) electrons. The Morgan fingerprint density at radius 1 is 1.27 bits per heavy atom. The highest BCUT2D eigenvalue weighted by atomic mass is 35.5. The van der Waals surface area contributed by atoms with E-state index in [9.17, 15) is 0 Å². The minimum atomic E-state index is 0.649. The summed E-state index contributed by atoms with van der Waals surface area (Å²) < 4.78 is 0. The minimum Gasteiger partial charge on any atom is -0.398 e. The zero-order valence-corrected chi connectivity index (χ0v) is 8.78. The van der Waals surface area contributed by atoms with Crippen molar-refractivity contribution in [3.05, 3.63) is 53.1 Å². The molecule has 0 unspecified atom stereocenters. The van der Waals surface area contributed by atoms with Crippen LogP contribution in [0, 0.1) is 0 Å². The molecule has 0 atom stereocenters. The third kappa shape index (κ3) is 2.44. The standard InChI is InChI=1S/C11H10ClN3/c12-9-2-1-8(11(13)6-9)5-10-7-14-3-4-15-10/h1-4,6-7H,5,13H2. The number of hydrogen-bond acceptors (Lipinski definition) is 3. The summed E-state index contributed by atoms with van der Waals surface area (Å²) in [5.74, 6) is 0. The molecule has 0 fully saturated rings. The normalized spacial score (nSPS) is 10.2. The number of benzene rings is 1. The Bertz CT molecular complexity index is 457. The molecule has 0 saturated carbocycles. The zero-order valence-electron chi connectivity index (χ0n) is 8.02. The van der Waals surface area contributed by atoms with Gasteiger partial charge in [0.2, 0.25) is 0 Å². The maximum Gasteiger partial charge on any atom is 0.0631 e. The number of rotatable bonds is 2. The predicted octanol–water partition coefficient (Wildman–Crippen LogP) is 2.30. The van der Waals surface area contributed by atoms with Gasteiger partial charge in [-0.2, -0.15) is 0 Å². The zero-order chi connectivity index (χ0) is 10.7. The summed E-state index contributed by atoms with van der Waals surface area (Å²) in [6.45, 7) is 0. The van der Waals surface area contributed by atoms with Crippen molar-refractivity contribution in [3.8, 4) is 0 Å². The number of nitrogen functional groups attached to an aromatic ring is 1. The number of nitrogens with two attached hydrogens (primary N) is 1. The second kappa shape index (κ2) is 4.28. The van der Waals surface area contributed by atoms with Crippen LogP contribution in [0.3, 0.4) is 0 Å². The van der Waals surface area contributed by atoms with Gasteiger partial charge < -0.3 is 5.73 Å². The fourth-order valence-corrected chi connectivity index (χ4v) is 1.52. The van der Waals surface area contributed by atoms with Gasteiger partial charge in [-0.15, -0.1) is 0 Å². The van der Waals surface area contributed by atoms with E-state index in [-0.39, 0.29) is 0 Å². The van der Waals surface area contributed by atoms with Gasteiger partial charge in [-0.1, -0.05) is 17.7 Å². The van der Waals surface area contributed by atoms with E-state index in [1.807, 2.05) is 12.1 Å². The second-order valence-corrected chi connectivity index (χ2v) is 3.65. The molecule has 1 aromatic heterocycles. The SMILES string of the molecule is Nc1cc(Cl)ccc1Cc1cnccn1. The quantitative estimate of drug-likeness (QED) is 0.789. The highest BCUT2D eigenvalue weighted by Crippen LogP contribution is 2.19. The Balaban J connectivity index is 2.25. The Kier molecular flexibility index (Phi) is 2.83. The first-order chi connectivity index (χ1) is 7.25. The number of hydrogen-bond donors (Lipinski definition) is 1. The fraction of sp³-hybridized carbons (Fsp3) is 0.0909. The number of aromatic nitrogens is 2. The van der Waals surface area contributed by atoms with E-state index in [1.54, 1.807) is 24.7 Å². The first-order valence-electron chi connectivity index (χ1n) is 4.54. The third-order valence-corrected chi connectivity index (χ3v) is 2.33. The topological polar surface area (TPSA) is 51.8 Å². The van der Waals surface area contributed by atoms with Crippen LogP contribution in [-0.4, -0.2) is 9.97 Å². The average Bonchev–Trinajstić information content (AvgIpc) is 2.24. The van der Waals surface area contributed by atoms with Crippen LogP contribution in [0.25, 0.3) is 0 Å². The molecule has 15 heavy (non-hydrogen) atoms. The van der Waals surface area contributed by atoms with Crippen LogP contribution in [0.2, 0.25) is 5.02 Å². The molecule has 1 heterocycles. The molecule has 2 aromatic rings. The molecule has 0 bridgehead atoms. The van der Waals surface area contributed by atoms with Crippen molar-refractivity contribution < 1.29 is 0 Å². The molecular weight excluding hydrogens is 210 g/mol. The number of nitrogens with zero attached hydrogens (tertiary/aromatic N) is 2.